The Balaban J connectivity index is 1.51. The second kappa shape index (κ2) is 11.0. The molecule has 10 heteroatoms. The van der Waals surface area contributed by atoms with Crippen molar-refractivity contribution >= 4 is 40.0 Å². The minimum atomic E-state index is -0.473. The van der Waals surface area contributed by atoms with Gasteiger partial charge in [0.05, 0.1) is 18.6 Å². The van der Waals surface area contributed by atoms with Crippen LogP contribution >= 0.6 is 23.1 Å². The van der Waals surface area contributed by atoms with Crippen LogP contribution in [0.4, 0.5) is 5.00 Å². The number of rotatable bonds is 10. The van der Waals surface area contributed by atoms with Gasteiger partial charge in [0.15, 0.2) is 10.9 Å². The lowest BCUT2D eigenvalue weighted by atomic mass is 10.0. The lowest BCUT2D eigenvalue weighted by Crippen LogP contribution is -2.17. The molecular weight excluding hydrogens is 472 g/mol. The molecule has 4 aromatic rings. The molecule has 0 saturated heterocycles. The van der Waals surface area contributed by atoms with Crippen LogP contribution in [0.5, 0.6) is 0 Å². The molecule has 1 N–H and O–H groups in total. The Bertz CT molecular complexity index is 1280. The molecule has 0 aliphatic carbocycles. The fraction of sp³-hybridized carbons (Fsp3) is 0.167. The summed E-state index contributed by atoms with van der Waals surface area (Å²) in [5, 5.41) is 14.1. The first-order chi connectivity index (χ1) is 16.6. The second-order valence-electron chi connectivity index (χ2n) is 6.96. The number of carbonyl (C=O) groups is 2. The monoisotopic (exact) mass is 494 g/mol. The number of amides is 1. The Morgan fingerprint density at radius 1 is 1.24 bits per heavy atom. The predicted octanol–water partition coefficient (Wildman–Crippen LogP) is 5.36. The third kappa shape index (κ3) is 5.13. The normalized spacial score (nSPS) is 10.7. The minimum Gasteiger partial charge on any atom is -0.462 e. The Hall–Kier alpha value is -3.63. The number of aromatic nitrogens is 3. The van der Waals surface area contributed by atoms with Gasteiger partial charge in [-0.05, 0) is 24.6 Å². The van der Waals surface area contributed by atoms with Crippen LogP contribution in [0.15, 0.2) is 76.3 Å². The SMILES string of the molecule is C=CCn1c(SCC(=O)Nc2scc(-c3ccccc3)c2C(=O)OCC)nnc1-c1ccco1. The molecule has 174 valence electrons. The highest BCUT2D eigenvalue weighted by atomic mass is 32.2. The predicted molar refractivity (Wildman–Crippen MR) is 133 cm³/mol. The maximum Gasteiger partial charge on any atom is 0.341 e. The van der Waals surface area contributed by atoms with Gasteiger partial charge in [-0.3, -0.25) is 9.36 Å². The van der Waals surface area contributed by atoms with Crippen LogP contribution in [0.25, 0.3) is 22.7 Å². The number of carbonyl (C=O) groups excluding carboxylic acids is 2. The maximum atomic E-state index is 12.8. The largest absolute Gasteiger partial charge is 0.462 e. The highest BCUT2D eigenvalue weighted by molar-refractivity contribution is 7.99. The van der Waals surface area contributed by atoms with Gasteiger partial charge in [-0.1, -0.05) is 48.2 Å². The van der Waals surface area contributed by atoms with Crippen LogP contribution in [0.1, 0.15) is 17.3 Å². The van der Waals surface area contributed by atoms with Gasteiger partial charge in [-0.25, -0.2) is 4.79 Å². The van der Waals surface area contributed by atoms with Gasteiger partial charge < -0.3 is 14.5 Å². The van der Waals surface area contributed by atoms with Crippen molar-refractivity contribution in [2.24, 2.45) is 0 Å². The lowest BCUT2D eigenvalue weighted by Gasteiger charge is -2.09. The first-order valence-electron chi connectivity index (χ1n) is 10.5. The van der Waals surface area contributed by atoms with Crippen molar-refractivity contribution < 1.29 is 18.7 Å². The molecule has 0 aliphatic rings. The second-order valence-corrected chi connectivity index (χ2v) is 8.78. The number of furan rings is 1. The molecule has 1 aromatic carbocycles. The average molecular weight is 495 g/mol. The zero-order chi connectivity index (χ0) is 23.9. The Kier molecular flexibility index (Phi) is 7.61. The summed E-state index contributed by atoms with van der Waals surface area (Å²) in [5.41, 5.74) is 1.95. The van der Waals surface area contributed by atoms with Crippen LogP contribution < -0.4 is 5.32 Å². The number of allylic oxidation sites excluding steroid dienone is 1. The zero-order valence-electron chi connectivity index (χ0n) is 18.4. The summed E-state index contributed by atoms with van der Waals surface area (Å²) in [6, 6.07) is 13.1. The first kappa shape index (κ1) is 23.5. The lowest BCUT2D eigenvalue weighted by molar-refractivity contribution is -0.113. The van der Waals surface area contributed by atoms with Crippen molar-refractivity contribution in [2.75, 3.05) is 17.7 Å². The van der Waals surface area contributed by atoms with Crippen molar-refractivity contribution in [3.05, 3.63) is 72.3 Å². The highest BCUT2D eigenvalue weighted by Gasteiger charge is 2.23. The Labute approximate surface area is 204 Å². The molecule has 8 nitrogen and oxygen atoms in total. The van der Waals surface area contributed by atoms with Crippen LogP contribution in [-0.2, 0) is 16.1 Å². The number of nitrogens with zero attached hydrogens (tertiary/aromatic N) is 3. The third-order valence-corrected chi connectivity index (χ3v) is 6.57. The summed E-state index contributed by atoms with van der Waals surface area (Å²) in [6.45, 7) is 6.23. The van der Waals surface area contributed by atoms with Crippen molar-refractivity contribution in [3.63, 3.8) is 0 Å². The van der Waals surface area contributed by atoms with Gasteiger partial charge in [0.2, 0.25) is 11.7 Å². The van der Waals surface area contributed by atoms with Crippen molar-refractivity contribution in [3.8, 4) is 22.7 Å². The Morgan fingerprint density at radius 2 is 2.06 bits per heavy atom. The molecule has 0 radical (unpaired) electrons. The van der Waals surface area contributed by atoms with Gasteiger partial charge in [0.25, 0.3) is 0 Å². The van der Waals surface area contributed by atoms with Gasteiger partial charge in [0, 0.05) is 17.5 Å². The number of esters is 1. The van der Waals surface area contributed by atoms with E-state index in [4.69, 9.17) is 9.15 Å². The molecule has 3 aromatic heterocycles. The topological polar surface area (TPSA) is 99.2 Å². The van der Waals surface area contributed by atoms with Gasteiger partial charge in [0.1, 0.15) is 10.6 Å². The summed E-state index contributed by atoms with van der Waals surface area (Å²) in [5.74, 6) is 0.470. The van der Waals surface area contributed by atoms with E-state index in [9.17, 15) is 9.59 Å². The molecule has 0 fully saturated rings. The van der Waals surface area contributed by atoms with E-state index in [0.29, 0.717) is 33.9 Å². The van der Waals surface area contributed by atoms with E-state index in [1.165, 1.54) is 23.1 Å². The molecule has 0 unspecified atom stereocenters. The number of thioether (sulfide) groups is 1. The standard InChI is InChI=1S/C24H22N4O4S2/c1-3-12-28-21(18-11-8-13-32-18)26-27-24(28)34-15-19(29)25-22-20(23(30)31-4-2)17(14-33-22)16-9-6-5-7-10-16/h3,5-11,13-14H,1,4,12,15H2,2H3,(H,25,29). The summed E-state index contributed by atoms with van der Waals surface area (Å²) in [6.07, 6.45) is 3.29. The van der Waals surface area contributed by atoms with E-state index in [1.54, 1.807) is 31.4 Å². The number of hydrogen-bond acceptors (Lipinski definition) is 8. The molecule has 0 aliphatic heterocycles. The van der Waals surface area contributed by atoms with Crippen LogP contribution in [0.2, 0.25) is 0 Å². The third-order valence-electron chi connectivity index (χ3n) is 4.71. The number of anilines is 1. The van der Waals surface area contributed by atoms with Crippen LogP contribution in [0, 0.1) is 0 Å². The van der Waals surface area contributed by atoms with Gasteiger partial charge in [-0.2, -0.15) is 0 Å². The quantitative estimate of drug-likeness (QED) is 0.180. The summed E-state index contributed by atoms with van der Waals surface area (Å²) < 4.78 is 12.5. The molecule has 3 heterocycles. The van der Waals surface area contributed by atoms with Crippen LogP contribution in [-0.4, -0.2) is 39.0 Å². The maximum absolute atomic E-state index is 12.8. The van der Waals surface area contributed by atoms with E-state index in [-0.39, 0.29) is 18.3 Å². The molecule has 0 spiro atoms. The van der Waals surface area contributed by atoms with Crippen molar-refractivity contribution in [1.82, 2.24) is 14.8 Å². The van der Waals surface area contributed by atoms with E-state index in [0.717, 1.165) is 11.1 Å². The van der Waals surface area contributed by atoms with E-state index in [1.807, 2.05) is 40.3 Å². The summed E-state index contributed by atoms with van der Waals surface area (Å²) in [4.78, 5) is 25.5. The molecule has 0 bridgehead atoms. The summed E-state index contributed by atoms with van der Waals surface area (Å²) >= 11 is 2.52. The van der Waals surface area contributed by atoms with E-state index < -0.39 is 5.97 Å². The van der Waals surface area contributed by atoms with Crippen molar-refractivity contribution in [1.29, 1.82) is 0 Å². The van der Waals surface area contributed by atoms with Gasteiger partial charge >= 0.3 is 5.97 Å². The number of thiophene rings is 1. The first-order valence-corrected chi connectivity index (χ1v) is 12.3. The Morgan fingerprint density at radius 3 is 2.76 bits per heavy atom. The molecule has 4 rings (SSSR count). The van der Waals surface area contributed by atoms with E-state index in [2.05, 4.69) is 22.1 Å². The fourth-order valence-electron chi connectivity index (χ4n) is 3.26. The minimum absolute atomic E-state index is 0.0776. The fourth-order valence-corrected chi connectivity index (χ4v) is 4.98. The zero-order valence-corrected chi connectivity index (χ0v) is 20.0. The summed E-state index contributed by atoms with van der Waals surface area (Å²) in [7, 11) is 0. The smallest absolute Gasteiger partial charge is 0.341 e. The van der Waals surface area contributed by atoms with E-state index >= 15 is 0 Å². The molecule has 0 saturated carbocycles. The van der Waals surface area contributed by atoms with Crippen LogP contribution in [0.3, 0.4) is 0 Å². The molecule has 34 heavy (non-hydrogen) atoms. The van der Waals surface area contributed by atoms with Crippen molar-refractivity contribution in [2.45, 2.75) is 18.6 Å². The number of hydrogen-bond donors (Lipinski definition) is 1. The highest BCUT2D eigenvalue weighted by Crippen LogP contribution is 2.36. The number of ether oxygens (including phenoxy) is 1. The molecular formula is C24H22N4O4S2. The molecule has 0 atom stereocenters. The molecule has 1 amide bonds. The van der Waals surface area contributed by atoms with Gasteiger partial charge in [-0.15, -0.1) is 28.1 Å². The number of nitrogens with one attached hydrogen (secondary N) is 1. The number of benzene rings is 1. The average Bonchev–Trinajstić information content (AvgIpc) is 3.59.